The maximum atomic E-state index is 12.0. The summed E-state index contributed by atoms with van der Waals surface area (Å²) in [7, 11) is 0. The Hall–Kier alpha value is -2.08. The number of carboxylic acid groups (broad SMARTS) is 1. The Balaban J connectivity index is 0.000000152. The van der Waals surface area contributed by atoms with Crippen LogP contribution in [-0.2, 0) is 14.9 Å². The van der Waals surface area contributed by atoms with Crippen LogP contribution in [0.15, 0.2) is 30.3 Å². The second-order valence-corrected chi connectivity index (χ2v) is 13.5. The van der Waals surface area contributed by atoms with Crippen molar-refractivity contribution in [2.75, 3.05) is 26.2 Å². The molecule has 6 nitrogen and oxygen atoms in total. The number of aliphatic carboxylic acids is 1. The third kappa shape index (κ3) is 4.12. The third-order valence-corrected chi connectivity index (χ3v) is 8.89. The summed E-state index contributed by atoms with van der Waals surface area (Å²) in [6, 6.07) is 10.7. The van der Waals surface area contributed by atoms with Crippen LogP contribution >= 0.6 is 0 Å². The number of benzene rings is 1. The third-order valence-electron chi connectivity index (χ3n) is 8.89. The first-order valence-corrected chi connectivity index (χ1v) is 12.8. The molecule has 4 bridgehead atoms. The predicted octanol–water partition coefficient (Wildman–Crippen LogP) is 4.83. The minimum Gasteiger partial charge on any atom is -0.481 e. The molecule has 186 valence electrons. The number of likely N-dealkylation sites (tertiary alicyclic amines) is 1. The van der Waals surface area contributed by atoms with Crippen molar-refractivity contribution in [3.63, 3.8) is 0 Å². The molecule has 6 fully saturated rings. The average Bonchev–Trinajstić information content (AvgIpc) is 2.63. The van der Waals surface area contributed by atoms with Crippen molar-refractivity contribution >= 4 is 12.1 Å². The topological polar surface area (TPSA) is 78.9 Å². The number of carboxylic acids is 1. The van der Waals surface area contributed by atoms with Gasteiger partial charge in [-0.25, -0.2) is 4.79 Å². The standard InChI is InChI=1S/C18H22O2.C10H18N2O2/c1-16-7-13-8-17(10-16,14-5-3-2-4-6-14)12-18(9-13,11-16)15(19)20;1-9(2,3)14-8(13)12-6-10(7-12)4-11-5-10/h2-6,13H,7-12H2,1H3,(H,19,20);11H,4-7H2,1-3H3. The van der Waals surface area contributed by atoms with Crippen LogP contribution in [0, 0.1) is 22.2 Å². The molecule has 1 aromatic rings. The second-order valence-electron chi connectivity index (χ2n) is 13.5. The van der Waals surface area contributed by atoms with Crippen LogP contribution in [0.25, 0.3) is 0 Å². The molecule has 6 heteroatoms. The van der Waals surface area contributed by atoms with Crippen LogP contribution in [0.4, 0.5) is 4.79 Å². The first-order valence-electron chi connectivity index (χ1n) is 12.8. The summed E-state index contributed by atoms with van der Waals surface area (Å²) in [6.07, 6.45) is 6.08. The zero-order chi connectivity index (χ0) is 24.4. The number of hydrogen-bond acceptors (Lipinski definition) is 4. The van der Waals surface area contributed by atoms with Gasteiger partial charge in [0.15, 0.2) is 0 Å². The first-order chi connectivity index (χ1) is 15.9. The summed E-state index contributed by atoms with van der Waals surface area (Å²) in [5, 5.41) is 13.1. The van der Waals surface area contributed by atoms with E-state index in [-0.39, 0.29) is 22.5 Å². The molecule has 4 atom stereocenters. The summed E-state index contributed by atoms with van der Waals surface area (Å²) in [5.41, 5.74) is 1.28. The average molecular weight is 469 g/mol. The van der Waals surface area contributed by atoms with Crippen molar-refractivity contribution in [3.8, 4) is 0 Å². The molecule has 1 aromatic carbocycles. The summed E-state index contributed by atoms with van der Waals surface area (Å²) in [6.45, 7) is 11.8. The highest BCUT2D eigenvalue weighted by Gasteiger charge is 2.64. The second kappa shape index (κ2) is 7.71. The largest absolute Gasteiger partial charge is 0.481 e. The van der Waals surface area contributed by atoms with Gasteiger partial charge in [-0.3, -0.25) is 4.79 Å². The molecule has 2 N–H and O–H groups in total. The summed E-state index contributed by atoms with van der Waals surface area (Å²) in [5.74, 6) is 0.0562. The van der Waals surface area contributed by atoms with Gasteiger partial charge in [0.25, 0.3) is 0 Å². The maximum absolute atomic E-state index is 12.0. The lowest BCUT2D eigenvalue weighted by Gasteiger charge is -2.64. The summed E-state index contributed by atoms with van der Waals surface area (Å²) >= 11 is 0. The number of nitrogens with zero attached hydrogens (tertiary/aromatic N) is 1. The SMILES string of the molecule is CC(C)(C)OC(=O)N1CC2(CNC2)C1.CC12CC3CC(C(=O)O)(C1)CC(c1ccccc1)(C3)C2. The lowest BCUT2D eigenvalue weighted by atomic mass is 9.39. The van der Waals surface area contributed by atoms with Gasteiger partial charge in [0, 0.05) is 31.6 Å². The minimum absolute atomic E-state index is 0.119. The molecule has 0 aromatic heterocycles. The molecule has 1 amide bonds. The molecular formula is C28H40N2O4. The van der Waals surface area contributed by atoms with Crippen molar-refractivity contribution in [3.05, 3.63) is 35.9 Å². The highest BCUT2D eigenvalue weighted by Crippen LogP contribution is 2.70. The molecule has 34 heavy (non-hydrogen) atoms. The van der Waals surface area contributed by atoms with Gasteiger partial charge in [-0.05, 0) is 81.6 Å². The van der Waals surface area contributed by atoms with E-state index in [1.165, 1.54) is 24.8 Å². The summed E-state index contributed by atoms with van der Waals surface area (Å²) < 4.78 is 5.27. The molecule has 1 spiro atoms. The van der Waals surface area contributed by atoms with Gasteiger partial charge >= 0.3 is 12.1 Å². The Kier molecular flexibility index (Phi) is 5.36. The van der Waals surface area contributed by atoms with Crippen LogP contribution < -0.4 is 5.32 Å². The van der Waals surface area contributed by atoms with Gasteiger partial charge in [-0.1, -0.05) is 37.3 Å². The molecule has 2 heterocycles. The van der Waals surface area contributed by atoms with Crippen LogP contribution in [-0.4, -0.2) is 53.8 Å². The normalized spacial score (nSPS) is 36.7. The van der Waals surface area contributed by atoms with Crippen LogP contribution in [0.5, 0.6) is 0 Å². The lowest BCUT2D eigenvalue weighted by Crippen LogP contribution is -2.72. The van der Waals surface area contributed by atoms with Crippen molar-refractivity contribution in [1.29, 1.82) is 0 Å². The number of carbonyl (C=O) groups is 2. The van der Waals surface area contributed by atoms with Gasteiger partial charge in [-0.15, -0.1) is 0 Å². The number of ether oxygens (including phenoxy) is 1. The van der Waals surface area contributed by atoms with Crippen LogP contribution in [0.1, 0.15) is 71.8 Å². The van der Waals surface area contributed by atoms with Gasteiger partial charge < -0.3 is 20.1 Å². The molecule has 7 rings (SSSR count). The number of hydrogen-bond donors (Lipinski definition) is 2. The molecule has 6 aliphatic rings. The van der Waals surface area contributed by atoms with E-state index in [2.05, 4.69) is 42.6 Å². The van der Waals surface area contributed by atoms with Gasteiger partial charge in [0.1, 0.15) is 5.60 Å². The van der Waals surface area contributed by atoms with Crippen LogP contribution in [0.3, 0.4) is 0 Å². The van der Waals surface area contributed by atoms with E-state index in [0.29, 0.717) is 11.3 Å². The monoisotopic (exact) mass is 468 g/mol. The molecule has 4 unspecified atom stereocenters. The highest BCUT2D eigenvalue weighted by atomic mass is 16.6. The Morgan fingerprint density at radius 2 is 1.71 bits per heavy atom. The fourth-order valence-electron chi connectivity index (χ4n) is 8.19. The molecule has 0 radical (unpaired) electrons. The smallest absolute Gasteiger partial charge is 0.410 e. The van der Waals surface area contributed by atoms with Crippen molar-refractivity contribution in [2.45, 2.75) is 77.2 Å². The number of amides is 1. The predicted molar refractivity (Wildman–Crippen MR) is 131 cm³/mol. The molecule has 2 saturated heterocycles. The van der Waals surface area contributed by atoms with Gasteiger partial charge in [0.2, 0.25) is 0 Å². The van der Waals surface area contributed by atoms with Crippen molar-refractivity contribution < 1.29 is 19.4 Å². The zero-order valence-electron chi connectivity index (χ0n) is 21.2. The Bertz CT molecular complexity index is 960. The fraction of sp³-hybridized carbons (Fsp3) is 0.714. The molecule has 2 aliphatic heterocycles. The van der Waals surface area contributed by atoms with Gasteiger partial charge in [-0.2, -0.15) is 0 Å². The Labute approximate surface area is 203 Å². The molecular weight excluding hydrogens is 428 g/mol. The molecule has 4 aliphatic carbocycles. The zero-order valence-corrected chi connectivity index (χ0v) is 21.2. The van der Waals surface area contributed by atoms with E-state index in [0.717, 1.165) is 45.4 Å². The van der Waals surface area contributed by atoms with Crippen molar-refractivity contribution in [2.24, 2.45) is 22.2 Å². The lowest BCUT2D eigenvalue weighted by molar-refractivity contribution is -0.177. The van der Waals surface area contributed by atoms with Crippen molar-refractivity contribution in [1.82, 2.24) is 10.2 Å². The highest BCUT2D eigenvalue weighted by molar-refractivity contribution is 5.76. The van der Waals surface area contributed by atoms with E-state index < -0.39 is 11.4 Å². The number of nitrogens with one attached hydrogen (secondary N) is 1. The minimum atomic E-state index is -0.548. The summed E-state index contributed by atoms with van der Waals surface area (Å²) in [4.78, 5) is 25.3. The van der Waals surface area contributed by atoms with E-state index in [4.69, 9.17) is 4.74 Å². The van der Waals surface area contributed by atoms with E-state index in [1.54, 1.807) is 4.90 Å². The van der Waals surface area contributed by atoms with Crippen LogP contribution in [0.2, 0.25) is 0 Å². The Morgan fingerprint density at radius 3 is 2.24 bits per heavy atom. The Morgan fingerprint density at radius 1 is 1.03 bits per heavy atom. The quantitative estimate of drug-likeness (QED) is 0.650. The van der Waals surface area contributed by atoms with E-state index >= 15 is 0 Å². The number of rotatable bonds is 2. The molecule has 4 saturated carbocycles. The van der Waals surface area contributed by atoms with E-state index in [1.807, 2.05) is 20.8 Å². The first kappa shape index (κ1) is 23.7. The maximum Gasteiger partial charge on any atom is 0.410 e. The van der Waals surface area contributed by atoms with Gasteiger partial charge in [0.05, 0.1) is 5.41 Å². The number of carbonyl (C=O) groups excluding carboxylic acids is 1. The fourth-order valence-corrected chi connectivity index (χ4v) is 8.19. The van der Waals surface area contributed by atoms with E-state index in [9.17, 15) is 14.7 Å².